The summed E-state index contributed by atoms with van der Waals surface area (Å²) in [5, 5.41) is 4.88. The summed E-state index contributed by atoms with van der Waals surface area (Å²) in [5.74, 6) is -1.65. The number of amides is 3. The van der Waals surface area contributed by atoms with E-state index in [9.17, 15) is 22.8 Å². The van der Waals surface area contributed by atoms with Crippen molar-refractivity contribution in [1.82, 2.24) is 10.6 Å². The molecule has 0 saturated heterocycles. The zero-order valence-corrected chi connectivity index (χ0v) is 19.3. The number of imide groups is 1. The number of esters is 1. The Kier molecular flexibility index (Phi) is 7.70. The summed E-state index contributed by atoms with van der Waals surface area (Å²) in [6.07, 6.45) is 2.54. The highest BCUT2D eigenvalue weighted by atomic mass is 32.2. The van der Waals surface area contributed by atoms with E-state index in [1.54, 1.807) is 30.3 Å². The molecule has 0 radical (unpaired) electrons. The Morgan fingerprint density at radius 1 is 1.03 bits per heavy atom. The zero-order chi connectivity index (χ0) is 24.0. The maximum Gasteiger partial charge on any atom is 0.338 e. The summed E-state index contributed by atoms with van der Waals surface area (Å²) in [5.41, 5.74) is 0.430. The molecule has 1 unspecified atom stereocenters. The monoisotopic (exact) mass is 473 g/mol. The first-order chi connectivity index (χ1) is 15.7. The number of nitrogens with zero attached hydrogens (tertiary/aromatic N) is 1. The fourth-order valence-electron chi connectivity index (χ4n) is 3.51. The second-order valence-electron chi connectivity index (χ2n) is 7.83. The molecule has 2 N–H and O–H groups in total. The number of carbonyl (C=O) groups excluding carboxylic acids is 3. The van der Waals surface area contributed by atoms with Crippen LogP contribution >= 0.6 is 0 Å². The minimum absolute atomic E-state index is 0.0346. The highest BCUT2D eigenvalue weighted by Gasteiger charge is 2.25. The van der Waals surface area contributed by atoms with Gasteiger partial charge in [-0.05, 0) is 50.1 Å². The largest absolute Gasteiger partial charge is 0.449 e. The molecule has 176 valence electrons. The van der Waals surface area contributed by atoms with Crippen LogP contribution in [0.25, 0.3) is 0 Å². The van der Waals surface area contributed by atoms with E-state index in [0.29, 0.717) is 5.69 Å². The number of nitrogens with one attached hydrogen (secondary N) is 2. The number of ether oxygens (including phenoxy) is 1. The van der Waals surface area contributed by atoms with Gasteiger partial charge in [0.15, 0.2) is 6.10 Å². The second-order valence-corrected chi connectivity index (χ2v) is 9.80. The van der Waals surface area contributed by atoms with E-state index in [4.69, 9.17) is 4.74 Å². The van der Waals surface area contributed by atoms with Gasteiger partial charge in [-0.2, -0.15) is 0 Å². The Morgan fingerprint density at radius 3 is 2.36 bits per heavy atom. The van der Waals surface area contributed by atoms with E-state index in [0.717, 1.165) is 30.0 Å². The number of sulfonamides is 1. The van der Waals surface area contributed by atoms with E-state index in [2.05, 4.69) is 10.6 Å². The first-order valence-corrected chi connectivity index (χ1v) is 12.1. The molecule has 9 nitrogen and oxygen atoms in total. The van der Waals surface area contributed by atoms with Crippen LogP contribution in [0, 0.1) is 0 Å². The number of anilines is 1. The van der Waals surface area contributed by atoms with Crippen molar-refractivity contribution in [2.75, 3.05) is 11.4 Å². The normalized spacial score (nSPS) is 14.8. The van der Waals surface area contributed by atoms with Gasteiger partial charge in [0.1, 0.15) is 0 Å². The van der Waals surface area contributed by atoms with Crippen LogP contribution in [0.15, 0.2) is 59.5 Å². The van der Waals surface area contributed by atoms with E-state index in [1.807, 2.05) is 0 Å². The molecule has 0 spiro atoms. The van der Waals surface area contributed by atoms with Gasteiger partial charge in [0.2, 0.25) is 0 Å². The predicted molar refractivity (Wildman–Crippen MR) is 122 cm³/mol. The maximum atomic E-state index is 13.0. The van der Waals surface area contributed by atoms with Gasteiger partial charge in [0.05, 0.1) is 16.1 Å². The number of carbonyl (C=O) groups is 3. The molecule has 1 saturated carbocycles. The summed E-state index contributed by atoms with van der Waals surface area (Å²) in [6.45, 7) is 1.33. The lowest BCUT2D eigenvalue weighted by molar-refractivity contribution is -0.127. The lowest BCUT2D eigenvalue weighted by Crippen LogP contribution is -2.47. The fourth-order valence-corrected chi connectivity index (χ4v) is 4.75. The summed E-state index contributed by atoms with van der Waals surface area (Å²) >= 11 is 0. The molecule has 33 heavy (non-hydrogen) atoms. The number of hydrogen-bond donors (Lipinski definition) is 2. The highest BCUT2D eigenvalue weighted by molar-refractivity contribution is 7.92. The van der Waals surface area contributed by atoms with Crippen molar-refractivity contribution in [3.05, 3.63) is 60.2 Å². The standard InChI is InChI=1S/C23H27N3O6S/c1-16(21(27)25-23(29)24-18-10-6-7-11-18)32-22(28)17-9-8-14-20(15-17)33(30,31)26(2)19-12-4-3-5-13-19/h3-5,8-9,12-16,18H,6-7,10-11H2,1-2H3,(H2,24,25,27,29). The summed E-state index contributed by atoms with van der Waals surface area (Å²) in [6, 6.07) is 13.3. The SMILES string of the molecule is CC(OC(=O)c1cccc(S(=O)(=O)N(C)c2ccccc2)c1)C(=O)NC(=O)NC1CCCC1. The quantitative estimate of drug-likeness (QED) is 0.597. The molecule has 3 rings (SSSR count). The number of para-hydroxylation sites is 1. The average molecular weight is 474 g/mol. The van der Waals surface area contributed by atoms with Crippen molar-refractivity contribution in [2.45, 2.75) is 49.6 Å². The van der Waals surface area contributed by atoms with Gasteiger partial charge in [0, 0.05) is 13.1 Å². The summed E-state index contributed by atoms with van der Waals surface area (Å²) in [7, 11) is -2.51. The molecule has 10 heteroatoms. The number of urea groups is 1. The smallest absolute Gasteiger partial charge is 0.338 e. The predicted octanol–water partition coefficient (Wildman–Crippen LogP) is 2.83. The summed E-state index contributed by atoms with van der Waals surface area (Å²) in [4.78, 5) is 36.6. The van der Waals surface area contributed by atoms with Gasteiger partial charge in [-0.3, -0.25) is 14.4 Å². The second kappa shape index (κ2) is 10.5. The zero-order valence-electron chi connectivity index (χ0n) is 18.5. The van der Waals surface area contributed by atoms with Gasteiger partial charge in [-0.1, -0.05) is 37.1 Å². The lowest BCUT2D eigenvalue weighted by atomic mass is 10.2. The van der Waals surface area contributed by atoms with Crippen molar-refractivity contribution in [3.63, 3.8) is 0 Å². The third kappa shape index (κ3) is 6.10. The van der Waals surface area contributed by atoms with Gasteiger partial charge < -0.3 is 10.1 Å². The van der Waals surface area contributed by atoms with E-state index >= 15 is 0 Å². The first-order valence-electron chi connectivity index (χ1n) is 10.6. The molecule has 0 bridgehead atoms. The Bertz CT molecular complexity index is 1110. The lowest BCUT2D eigenvalue weighted by Gasteiger charge is -2.20. The number of benzene rings is 2. The van der Waals surface area contributed by atoms with E-state index < -0.39 is 34.0 Å². The van der Waals surface area contributed by atoms with Gasteiger partial charge in [0.25, 0.3) is 15.9 Å². The van der Waals surface area contributed by atoms with Crippen LogP contribution in [0.3, 0.4) is 0 Å². The molecule has 1 aliphatic carbocycles. The van der Waals surface area contributed by atoms with Crippen molar-refractivity contribution < 1.29 is 27.5 Å². The van der Waals surface area contributed by atoms with Crippen molar-refractivity contribution in [3.8, 4) is 0 Å². The van der Waals surface area contributed by atoms with E-state index in [-0.39, 0.29) is 16.5 Å². The molecular formula is C23H27N3O6S. The molecule has 1 atom stereocenters. The minimum Gasteiger partial charge on any atom is -0.449 e. The molecule has 0 aromatic heterocycles. The first kappa shape index (κ1) is 24.2. The Labute approximate surface area is 193 Å². The van der Waals surface area contributed by atoms with Crippen LogP contribution < -0.4 is 14.9 Å². The molecule has 2 aromatic rings. The molecular weight excluding hydrogens is 446 g/mol. The molecule has 0 heterocycles. The third-order valence-electron chi connectivity index (χ3n) is 5.43. The Hall–Kier alpha value is -3.40. The van der Waals surface area contributed by atoms with Gasteiger partial charge in [-0.25, -0.2) is 18.0 Å². The maximum absolute atomic E-state index is 13.0. The van der Waals surface area contributed by atoms with Crippen LogP contribution in [0.1, 0.15) is 43.0 Å². The number of hydrogen-bond acceptors (Lipinski definition) is 6. The third-order valence-corrected chi connectivity index (χ3v) is 7.21. The molecule has 1 fully saturated rings. The van der Waals surface area contributed by atoms with Crippen LogP contribution in [0.5, 0.6) is 0 Å². The van der Waals surface area contributed by atoms with Gasteiger partial charge >= 0.3 is 12.0 Å². The van der Waals surface area contributed by atoms with Gasteiger partial charge in [-0.15, -0.1) is 0 Å². The summed E-state index contributed by atoms with van der Waals surface area (Å²) < 4.78 is 32.2. The van der Waals surface area contributed by atoms with Crippen LogP contribution in [0.4, 0.5) is 10.5 Å². The molecule has 0 aliphatic heterocycles. The van der Waals surface area contributed by atoms with Crippen molar-refractivity contribution in [1.29, 1.82) is 0 Å². The molecule has 2 aromatic carbocycles. The topological polar surface area (TPSA) is 122 Å². The minimum atomic E-state index is -3.93. The van der Waals surface area contributed by atoms with Crippen LogP contribution in [0.2, 0.25) is 0 Å². The Morgan fingerprint density at radius 2 is 1.70 bits per heavy atom. The fraction of sp³-hybridized carbons (Fsp3) is 0.348. The molecule has 3 amide bonds. The van der Waals surface area contributed by atoms with Crippen molar-refractivity contribution >= 4 is 33.6 Å². The van der Waals surface area contributed by atoms with Crippen molar-refractivity contribution in [2.24, 2.45) is 0 Å². The van der Waals surface area contributed by atoms with Crippen LogP contribution in [-0.2, 0) is 19.6 Å². The number of rotatable bonds is 7. The van der Waals surface area contributed by atoms with E-state index in [1.165, 1.54) is 38.2 Å². The van der Waals surface area contributed by atoms with Crippen LogP contribution in [-0.4, -0.2) is 45.5 Å². The average Bonchev–Trinajstić information content (AvgIpc) is 3.31. The Balaban J connectivity index is 1.63. The highest BCUT2D eigenvalue weighted by Crippen LogP contribution is 2.22. The molecule has 1 aliphatic rings.